The third-order valence-electron chi connectivity index (χ3n) is 2.11. The maximum atomic E-state index is 2.43. The molecule has 0 bridgehead atoms. The molecule has 0 aromatic heterocycles. The SMILES string of the molecule is Cl.Cl.Cl.[CH3][Hf][CH]1C=Cc2ccccc21. The molecule has 1 aliphatic carbocycles. The first-order valence-electron chi connectivity index (χ1n) is 3.86. The van der Waals surface area contributed by atoms with Crippen LogP contribution >= 0.6 is 37.2 Å². The van der Waals surface area contributed by atoms with Crippen LogP contribution in [0.3, 0.4) is 0 Å². The van der Waals surface area contributed by atoms with Gasteiger partial charge in [0.25, 0.3) is 0 Å². The zero-order valence-corrected chi connectivity index (χ0v) is 13.8. The Morgan fingerprint density at radius 1 is 1.07 bits per heavy atom. The summed E-state index contributed by atoms with van der Waals surface area (Å²) in [5.74, 6) is 0. The monoisotopic (exact) mass is 418 g/mol. The van der Waals surface area contributed by atoms with E-state index in [1.807, 2.05) is 0 Å². The number of allylic oxidation sites excluding steroid dienone is 1. The second-order valence-corrected chi connectivity index (χ2v) is 7.06. The van der Waals surface area contributed by atoms with Crippen molar-refractivity contribution in [2.75, 3.05) is 0 Å². The van der Waals surface area contributed by atoms with E-state index in [9.17, 15) is 0 Å². The number of rotatable bonds is 1. The molecule has 0 radical (unpaired) electrons. The van der Waals surface area contributed by atoms with Crippen molar-refractivity contribution < 1.29 is 22.9 Å². The molecule has 0 spiro atoms. The van der Waals surface area contributed by atoms with Gasteiger partial charge in [-0.1, -0.05) is 0 Å². The maximum absolute atomic E-state index is 2.43. The summed E-state index contributed by atoms with van der Waals surface area (Å²) in [7, 11) is 0. The van der Waals surface area contributed by atoms with Gasteiger partial charge in [0.2, 0.25) is 0 Å². The number of fused-ring (bicyclic) bond motifs is 1. The summed E-state index contributed by atoms with van der Waals surface area (Å²) in [5, 5.41) is 0. The van der Waals surface area contributed by atoms with Crippen LogP contribution in [0.15, 0.2) is 30.3 Å². The molecule has 0 saturated carbocycles. The van der Waals surface area contributed by atoms with Crippen LogP contribution in [-0.2, 0) is 22.9 Å². The van der Waals surface area contributed by atoms with Crippen molar-refractivity contribution in [3.05, 3.63) is 41.5 Å². The van der Waals surface area contributed by atoms with E-state index < -0.39 is 0 Å². The molecule has 0 nitrogen and oxygen atoms in total. The van der Waals surface area contributed by atoms with E-state index in [1.54, 1.807) is 5.56 Å². The Balaban J connectivity index is 0. The van der Waals surface area contributed by atoms with Gasteiger partial charge < -0.3 is 0 Å². The summed E-state index contributed by atoms with van der Waals surface area (Å²) in [4.78, 5) is 0. The molecule has 0 heterocycles. The third kappa shape index (κ3) is 3.37. The fraction of sp³-hybridized carbons (Fsp3) is 0.200. The van der Waals surface area contributed by atoms with Crippen LogP contribution in [0.25, 0.3) is 6.08 Å². The standard InChI is InChI=1S/C9H7.CH3.3ClH.Hf/c1-2-5-9-7-3-6-8(9)4-1;;;;;/h1-7H;1H3;3*1H;. The van der Waals surface area contributed by atoms with E-state index >= 15 is 0 Å². The van der Waals surface area contributed by atoms with Gasteiger partial charge in [0, 0.05) is 0 Å². The van der Waals surface area contributed by atoms with E-state index in [-0.39, 0.29) is 60.1 Å². The normalized spacial score (nSPS) is 15.6. The molecule has 78 valence electrons. The van der Waals surface area contributed by atoms with E-state index in [4.69, 9.17) is 0 Å². The molecule has 0 aliphatic heterocycles. The first-order valence-corrected chi connectivity index (χ1v) is 9.53. The second kappa shape index (κ2) is 7.92. The number of benzene rings is 1. The quantitative estimate of drug-likeness (QED) is 0.602. The van der Waals surface area contributed by atoms with Gasteiger partial charge in [0.15, 0.2) is 0 Å². The summed E-state index contributed by atoms with van der Waals surface area (Å²) < 4.78 is 3.29. The number of hydrogen-bond acceptors (Lipinski definition) is 0. The molecule has 2 rings (SSSR count). The van der Waals surface area contributed by atoms with E-state index in [1.165, 1.54) is 5.56 Å². The predicted octanol–water partition coefficient (Wildman–Crippen LogP) is 4.15. The van der Waals surface area contributed by atoms with Gasteiger partial charge in [-0.2, -0.15) is 0 Å². The average Bonchev–Trinajstić information content (AvgIpc) is 2.47. The second-order valence-electron chi connectivity index (χ2n) is 2.75. The fourth-order valence-electron chi connectivity index (χ4n) is 1.50. The van der Waals surface area contributed by atoms with Gasteiger partial charge in [-0.15, -0.1) is 37.2 Å². The Bertz CT molecular complexity index is 299. The molecule has 1 aromatic carbocycles. The molecule has 1 atom stereocenters. The summed E-state index contributed by atoms with van der Waals surface area (Å²) in [6.07, 6.45) is 4.66. The zero-order valence-electron chi connectivity index (χ0n) is 7.77. The van der Waals surface area contributed by atoms with Crippen molar-refractivity contribution in [3.8, 4) is 0 Å². The van der Waals surface area contributed by atoms with Crippen molar-refractivity contribution in [2.24, 2.45) is 0 Å². The summed E-state index contributed by atoms with van der Waals surface area (Å²) in [5.41, 5.74) is 3.03. The van der Waals surface area contributed by atoms with E-state index in [0.717, 1.165) is 3.67 Å². The van der Waals surface area contributed by atoms with Crippen LogP contribution in [-0.4, -0.2) is 0 Å². The van der Waals surface area contributed by atoms with Crippen molar-refractivity contribution >= 4 is 43.3 Å². The van der Waals surface area contributed by atoms with Gasteiger partial charge in [0.1, 0.15) is 0 Å². The van der Waals surface area contributed by atoms with Crippen molar-refractivity contribution in [1.82, 2.24) is 0 Å². The Hall–Kier alpha value is 0.700. The molecular weight excluding hydrogens is 405 g/mol. The summed E-state index contributed by atoms with van der Waals surface area (Å²) in [6.45, 7) is 0. The topological polar surface area (TPSA) is 0 Å². The van der Waals surface area contributed by atoms with E-state index in [2.05, 4.69) is 41.1 Å². The number of halogens is 3. The minimum absolute atomic E-state index is 0. The van der Waals surface area contributed by atoms with Gasteiger partial charge >= 0.3 is 78.8 Å². The Morgan fingerprint density at radius 2 is 1.71 bits per heavy atom. The van der Waals surface area contributed by atoms with Crippen LogP contribution in [0.2, 0.25) is 4.68 Å². The molecule has 0 N–H and O–H groups in total. The van der Waals surface area contributed by atoms with Gasteiger partial charge in [-0.3, -0.25) is 0 Å². The zero-order chi connectivity index (χ0) is 7.68. The predicted molar refractivity (Wildman–Crippen MR) is 65.8 cm³/mol. The van der Waals surface area contributed by atoms with Gasteiger partial charge in [-0.25, -0.2) is 0 Å². The minimum atomic E-state index is -0.353. The van der Waals surface area contributed by atoms with Crippen molar-refractivity contribution in [2.45, 2.75) is 8.35 Å². The molecule has 1 aliphatic rings. The molecule has 0 saturated heterocycles. The summed E-state index contributed by atoms with van der Waals surface area (Å²) >= 11 is -0.353. The van der Waals surface area contributed by atoms with Gasteiger partial charge in [0.05, 0.1) is 0 Å². The fourth-order valence-corrected chi connectivity index (χ4v) is 4.60. The Morgan fingerprint density at radius 3 is 2.36 bits per heavy atom. The molecule has 1 aromatic rings. The summed E-state index contributed by atoms with van der Waals surface area (Å²) in [6, 6.07) is 8.76. The average molecular weight is 418 g/mol. The molecule has 0 amide bonds. The van der Waals surface area contributed by atoms with Crippen LogP contribution in [0.1, 0.15) is 14.8 Å². The van der Waals surface area contributed by atoms with Crippen LogP contribution in [0.5, 0.6) is 0 Å². The molecule has 0 fully saturated rings. The van der Waals surface area contributed by atoms with Crippen molar-refractivity contribution in [3.63, 3.8) is 0 Å². The first kappa shape index (κ1) is 17.1. The molecule has 1 unspecified atom stereocenters. The van der Waals surface area contributed by atoms with Crippen LogP contribution in [0, 0.1) is 0 Å². The molecular formula is C10H13Cl3Hf. The number of hydrogen-bond donors (Lipinski definition) is 0. The van der Waals surface area contributed by atoms with Crippen LogP contribution < -0.4 is 0 Å². The Kier molecular flexibility index (Phi) is 9.68. The third-order valence-corrected chi connectivity index (χ3v) is 6.15. The van der Waals surface area contributed by atoms with Crippen LogP contribution in [0.4, 0.5) is 0 Å². The molecule has 14 heavy (non-hydrogen) atoms. The molecule has 4 heteroatoms. The first-order chi connectivity index (χ1) is 5.42. The van der Waals surface area contributed by atoms with E-state index in [0.29, 0.717) is 0 Å². The van der Waals surface area contributed by atoms with Gasteiger partial charge in [-0.05, 0) is 0 Å². The van der Waals surface area contributed by atoms with Crippen molar-refractivity contribution in [1.29, 1.82) is 0 Å². The Labute approximate surface area is 115 Å².